The minimum Gasteiger partial charge on any atom is -0.422 e. The van der Waals surface area contributed by atoms with Crippen molar-refractivity contribution in [3.05, 3.63) is 35.9 Å². The molecule has 1 amide bonds. The number of rotatable bonds is 2. The first kappa shape index (κ1) is 11.9. The monoisotopic (exact) mass is 236 g/mol. The van der Waals surface area contributed by atoms with Crippen LogP contribution in [0.4, 0.5) is 4.79 Å². The molecule has 0 aliphatic carbocycles. The Morgan fingerprint density at radius 3 is 2.94 bits per heavy atom. The summed E-state index contributed by atoms with van der Waals surface area (Å²) >= 11 is 0. The second kappa shape index (κ2) is 5.65. The highest BCUT2D eigenvalue weighted by atomic mass is 16.6. The first-order valence-electron chi connectivity index (χ1n) is 5.63. The summed E-state index contributed by atoms with van der Waals surface area (Å²) in [7, 11) is 0. The van der Waals surface area contributed by atoms with Crippen molar-refractivity contribution < 1.29 is 14.6 Å². The number of piperazine rings is 1. The molecule has 5 heteroatoms. The van der Waals surface area contributed by atoms with Gasteiger partial charge in [0.15, 0.2) is 6.79 Å². The van der Waals surface area contributed by atoms with E-state index >= 15 is 0 Å². The molecule has 0 spiro atoms. The van der Waals surface area contributed by atoms with Crippen molar-refractivity contribution in [1.29, 1.82) is 0 Å². The van der Waals surface area contributed by atoms with Crippen molar-refractivity contribution in [2.75, 3.05) is 26.4 Å². The molecule has 1 heterocycles. The van der Waals surface area contributed by atoms with Gasteiger partial charge in [-0.15, -0.1) is 0 Å². The third-order valence-corrected chi connectivity index (χ3v) is 2.85. The largest absolute Gasteiger partial charge is 0.422 e. The number of carbonyl (C=O) groups is 1. The summed E-state index contributed by atoms with van der Waals surface area (Å²) in [6, 6.07) is 9.76. The molecule has 2 N–H and O–H groups in total. The van der Waals surface area contributed by atoms with Gasteiger partial charge in [0.05, 0.1) is 6.04 Å². The Labute approximate surface area is 100.0 Å². The topological polar surface area (TPSA) is 61.8 Å². The summed E-state index contributed by atoms with van der Waals surface area (Å²) in [6.07, 6.45) is -0.470. The van der Waals surface area contributed by atoms with Crippen LogP contribution in [0.1, 0.15) is 11.6 Å². The smallest absolute Gasteiger partial charge is 0.412 e. The Morgan fingerprint density at radius 1 is 1.47 bits per heavy atom. The quantitative estimate of drug-likeness (QED) is 0.743. The van der Waals surface area contributed by atoms with Crippen LogP contribution in [0.3, 0.4) is 0 Å². The summed E-state index contributed by atoms with van der Waals surface area (Å²) in [5.41, 5.74) is 1.06. The molecule has 1 atom stereocenters. The maximum atomic E-state index is 11.7. The number of amides is 1. The van der Waals surface area contributed by atoms with Crippen LogP contribution in [0.2, 0.25) is 0 Å². The Hall–Kier alpha value is -1.59. The van der Waals surface area contributed by atoms with Gasteiger partial charge >= 0.3 is 6.09 Å². The Bertz CT molecular complexity index is 369. The van der Waals surface area contributed by atoms with Crippen molar-refractivity contribution in [2.24, 2.45) is 0 Å². The molecule has 0 bridgehead atoms. The van der Waals surface area contributed by atoms with E-state index < -0.39 is 12.9 Å². The molecule has 1 saturated heterocycles. The summed E-state index contributed by atoms with van der Waals surface area (Å²) in [4.78, 5) is 13.3. The van der Waals surface area contributed by atoms with E-state index in [1.807, 2.05) is 30.3 Å². The van der Waals surface area contributed by atoms with Gasteiger partial charge in [0.25, 0.3) is 0 Å². The third-order valence-electron chi connectivity index (χ3n) is 2.85. The number of nitrogens with one attached hydrogen (secondary N) is 1. The third kappa shape index (κ3) is 2.75. The minimum atomic E-state index is -0.579. The zero-order valence-electron chi connectivity index (χ0n) is 9.50. The van der Waals surface area contributed by atoms with Crippen molar-refractivity contribution >= 4 is 6.09 Å². The molecule has 1 aliphatic rings. The molecular formula is C12H16N2O3. The zero-order chi connectivity index (χ0) is 12.1. The van der Waals surface area contributed by atoms with Crippen LogP contribution in [0.25, 0.3) is 0 Å². The summed E-state index contributed by atoms with van der Waals surface area (Å²) < 4.78 is 4.65. The van der Waals surface area contributed by atoms with Gasteiger partial charge in [0.2, 0.25) is 0 Å². The molecule has 5 nitrogen and oxygen atoms in total. The van der Waals surface area contributed by atoms with Crippen LogP contribution in [0.5, 0.6) is 0 Å². The van der Waals surface area contributed by atoms with Crippen molar-refractivity contribution in [1.82, 2.24) is 10.2 Å². The lowest BCUT2D eigenvalue weighted by atomic mass is 10.0. The summed E-state index contributed by atoms with van der Waals surface area (Å²) in [5, 5.41) is 11.9. The van der Waals surface area contributed by atoms with Crippen LogP contribution in [-0.4, -0.2) is 42.5 Å². The van der Waals surface area contributed by atoms with Gasteiger partial charge in [-0.3, -0.25) is 4.90 Å². The maximum absolute atomic E-state index is 11.7. The average Bonchev–Trinajstić information content (AvgIpc) is 2.40. The van der Waals surface area contributed by atoms with Gasteiger partial charge in [0.1, 0.15) is 0 Å². The molecule has 0 saturated carbocycles. The van der Waals surface area contributed by atoms with E-state index in [9.17, 15) is 4.79 Å². The fraction of sp³-hybridized carbons (Fsp3) is 0.417. The van der Waals surface area contributed by atoms with Gasteiger partial charge in [-0.1, -0.05) is 30.3 Å². The maximum Gasteiger partial charge on any atom is 0.412 e. The molecular weight excluding hydrogens is 220 g/mol. The lowest BCUT2D eigenvalue weighted by molar-refractivity contribution is 0.0110. The van der Waals surface area contributed by atoms with Crippen LogP contribution in [0, 0.1) is 0 Å². The number of aliphatic hydroxyl groups excluding tert-OH is 1. The van der Waals surface area contributed by atoms with Crippen LogP contribution in [0.15, 0.2) is 30.3 Å². The number of nitrogens with zero attached hydrogens (tertiary/aromatic N) is 1. The molecule has 92 valence electrons. The first-order valence-corrected chi connectivity index (χ1v) is 5.63. The van der Waals surface area contributed by atoms with Crippen LogP contribution >= 0.6 is 0 Å². The zero-order valence-corrected chi connectivity index (χ0v) is 9.50. The predicted molar refractivity (Wildman–Crippen MR) is 62.3 cm³/mol. The number of ether oxygens (including phenoxy) is 1. The molecule has 1 fully saturated rings. The SMILES string of the molecule is O=C(OCO)N1CCNCC1c1ccccc1. The normalized spacial score (nSPS) is 20.1. The molecule has 0 radical (unpaired) electrons. The summed E-state index contributed by atoms with van der Waals surface area (Å²) in [6.45, 7) is 1.44. The Kier molecular flexibility index (Phi) is 3.95. The van der Waals surface area contributed by atoms with Gasteiger partial charge in [-0.05, 0) is 5.56 Å². The van der Waals surface area contributed by atoms with Gasteiger partial charge < -0.3 is 15.2 Å². The van der Waals surface area contributed by atoms with E-state index in [0.717, 1.165) is 12.1 Å². The highest BCUT2D eigenvalue weighted by Gasteiger charge is 2.28. The van der Waals surface area contributed by atoms with Gasteiger partial charge in [-0.25, -0.2) is 4.79 Å². The molecule has 1 aliphatic heterocycles. The van der Waals surface area contributed by atoms with Crippen LogP contribution < -0.4 is 5.32 Å². The second-order valence-corrected chi connectivity index (χ2v) is 3.86. The molecule has 17 heavy (non-hydrogen) atoms. The number of aliphatic hydroxyl groups is 1. The standard InChI is InChI=1S/C12H16N2O3/c15-9-17-12(16)14-7-6-13-8-11(14)10-4-2-1-3-5-10/h1-5,11,13,15H,6-9H2. The number of hydrogen-bond acceptors (Lipinski definition) is 4. The number of benzene rings is 1. The summed E-state index contributed by atoms with van der Waals surface area (Å²) in [5.74, 6) is 0. The Morgan fingerprint density at radius 2 is 2.24 bits per heavy atom. The first-order chi connectivity index (χ1) is 8.33. The predicted octanol–water partition coefficient (Wildman–Crippen LogP) is 0.719. The van der Waals surface area contributed by atoms with E-state index in [-0.39, 0.29) is 6.04 Å². The number of carbonyl (C=O) groups excluding carboxylic acids is 1. The minimum absolute atomic E-state index is 0.0380. The van der Waals surface area contributed by atoms with Crippen molar-refractivity contribution in [3.8, 4) is 0 Å². The Balaban J connectivity index is 2.15. The lowest BCUT2D eigenvalue weighted by Gasteiger charge is -2.35. The van der Waals surface area contributed by atoms with E-state index in [0.29, 0.717) is 13.1 Å². The number of hydrogen-bond donors (Lipinski definition) is 2. The van der Waals surface area contributed by atoms with E-state index in [1.54, 1.807) is 4.90 Å². The lowest BCUT2D eigenvalue weighted by Crippen LogP contribution is -2.48. The average molecular weight is 236 g/mol. The molecule has 0 aromatic heterocycles. The fourth-order valence-corrected chi connectivity index (χ4v) is 2.03. The highest BCUT2D eigenvalue weighted by molar-refractivity contribution is 5.68. The van der Waals surface area contributed by atoms with E-state index in [1.165, 1.54) is 0 Å². The van der Waals surface area contributed by atoms with E-state index in [4.69, 9.17) is 5.11 Å². The molecule has 2 rings (SSSR count). The molecule has 1 aromatic rings. The van der Waals surface area contributed by atoms with Crippen molar-refractivity contribution in [2.45, 2.75) is 6.04 Å². The van der Waals surface area contributed by atoms with Gasteiger partial charge in [0, 0.05) is 19.6 Å². The molecule has 1 unspecified atom stereocenters. The fourth-order valence-electron chi connectivity index (χ4n) is 2.03. The second-order valence-electron chi connectivity index (χ2n) is 3.86. The van der Waals surface area contributed by atoms with Crippen molar-refractivity contribution in [3.63, 3.8) is 0 Å². The van der Waals surface area contributed by atoms with Gasteiger partial charge in [-0.2, -0.15) is 0 Å². The molecule has 1 aromatic carbocycles. The van der Waals surface area contributed by atoms with Crippen LogP contribution in [-0.2, 0) is 4.74 Å². The van der Waals surface area contributed by atoms with E-state index in [2.05, 4.69) is 10.1 Å². The highest BCUT2D eigenvalue weighted by Crippen LogP contribution is 2.22.